The third-order valence-corrected chi connectivity index (χ3v) is 6.49. The van der Waals surface area contributed by atoms with E-state index in [-0.39, 0.29) is 11.6 Å². The molecule has 2 aromatic heterocycles. The van der Waals surface area contributed by atoms with Gasteiger partial charge in [-0.25, -0.2) is 0 Å². The maximum atomic E-state index is 13.1. The minimum atomic E-state index is 0.146. The molecular formula is C16H21N3OS2. The zero-order chi connectivity index (χ0) is 15.3. The molecule has 1 aliphatic heterocycles. The van der Waals surface area contributed by atoms with Gasteiger partial charge in [0, 0.05) is 24.0 Å². The van der Waals surface area contributed by atoms with Gasteiger partial charge in [0.05, 0.1) is 5.39 Å². The minimum Gasteiger partial charge on any atom is -0.323 e. The van der Waals surface area contributed by atoms with Crippen molar-refractivity contribution >= 4 is 33.8 Å². The average Bonchev–Trinajstić information content (AvgIpc) is 2.85. The summed E-state index contributed by atoms with van der Waals surface area (Å²) in [6.07, 6.45) is 6.82. The number of fused-ring (bicyclic) bond motifs is 3. The second kappa shape index (κ2) is 5.58. The van der Waals surface area contributed by atoms with Crippen LogP contribution in [0.2, 0.25) is 0 Å². The molecule has 118 valence electrons. The Labute approximate surface area is 138 Å². The van der Waals surface area contributed by atoms with Crippen LogP contribution in [0.15, 0.2) is 4.79 Å². The van der Waals surface area contributed by atoms with Gasteiger partial charge in [-0.2, -0.15) is 0 Å². The quantitative estimate of drug-likeness (QED) is 0.809. The normalized spacial score (nSPS) is 20.4. The highest BCUT2D eigenvalue weighted by molar-refractivity contribution is 7.71. The lowest BCUT2D eigenvalue weighted by molar-refractivity contribution is 0.317. The van der Waals surface area contributed by atoms with Crippen LogP contribution < -0.4 is 5.56 Å². The molecule has 2 aliphatic rings. The van der Waals surface area contributed by atoms with E-state index >= 15 is 0 Å². The van der Waals surface area contributed by atoms with E-state index in [1.54, 1.807) is 11.3 Å². The van der Waals surface area contributed by atoms with Crippen molar-refractivity contribution in [2.45, 2.75) is 51.1 Å². The Morgan fingerprint density at radius 1 is 1.27 bits per heavy atom. The van der Waals surface area contributed by atoms with Crippen LogP contribution in [0, 0.1) is 4.77 Å². The van der Waals surface area contributed by atoms with Gasteiger partial charge >= 0.3 is 0 Å². The van der Waals surface area contributed by atoms with Gasteiger partial charge in [-0.1, -0.05) is 19.3 Å². The Bertz CT molecular complexity index is 826. The molecule has 0 aromatic carbocycles. The predicted octanol–water partition coefficient (Wildman–Crippen LogP) is 3.61. The van der Waals surface area contributed by atoms with Crippen LogP contribution in [-0.4, -0.2) is 28.0 Å². The first-order valence-corrected chi connectivity index (χ1v) is 9.35. The Morgan fingerprint density at radius 2 is 2.05 bits per heavy atom. The van der Waals surface area contributed by atoms with Crippen LogP contribution in [0.5, 0.6) is 0 Å². The molecule has 1 N–H and O–H groups in total. The van der Waals surface area contributed by atoms with E-state index in [1.807, 2.05) is 4.57 Å². The fourth-order valence-electron chi connectivity index (χ4n) is 3.89. The first-order valence-electron chi connectivity index (χ1n) is 8.13. The van der Waals surface area contributed by atoms with E-state index in [9.17, 15) is 4.79 Å². The first kappa shape index (κ1) is 14.6. The maximum absolute atomic E-state index is 13.1. The van der Waals surface area contributed by atoms with E-state index in [4.69, 9.17) is 12.2 Å². The number of nitrogens with zero attached hydrogens (tertiary/aromatic N) is 2. The Kier molecular flexibility index (Phi) is 3.71. The molecule has 0 bridgehead atoms. The fourth-order valence-corrected chi connectivity index (χ4v) is 5.60. The van der Waals surface area contributed by atoms with E-state index in [1.165, 1.54) is 29.7 Å². The minimum absolute atomic E-state index is 0.146. The highest BCUT2D eigenvalue weighted by Crippen LogP contribution is 2.33. The fraction of sp³-hybridized carbons (Fsp3) is 0.625. The molecule has 0 amide bonds. The number of nitrogens with one attached hydrogen (secondary N) is 1. The topological polar surface area (TPSA) is 41.0 Å². The van der Waals surface area contributed by atoms with Gasteiger partial charge in [0.2, 0.25) is 0 Å². The summed E-state index contributed by atoms with van der Waals surface area (Å²) < 4.78 is 2.48. The summed E-state index contributed by atoms with van der Waals surface area (Å²) in [6, 6.07) is 0.288. The number of hydrogen-bond acceptors (Lipinski definition) is 4. The summed E-state index contributed by atoms with van der Waals surface area (Å²) in [6.45, 7) is 1.97. The Morgan fingerprint density at radius 3 is 2.82 bits per heavy atom. The van der Waals surface area contributed by atoms with E-state index < -0.39 is 0 Å². The van der Waals surface area contributed by atoms with Gasteiger partial charge in [0.15, 0.2) is 4.77 Å². The van der Waals surface area contributed by atoms with Crippen molar-refractivity contribution in [3.63, 3.8) is 0 Å². The molecule has 6 heteroatoms. The molecular weight excluding hydrogens is 314 g/mol. The summed E-state index contributed by atoms with van der Waals surface area (Å²) in [7, 11) is 2.13. The summed E-state index contributed by atoms with van der Waals surface area (Å²) in [4.78, 5) is 21.1. The van der Waals surface area contributed by atoms with Gasteiger partial charge in [-0.15, -0.1) is 11.3 Å². The van der Waals surface area contributed by atoms with E-state index in [2.05, 4.69) is 16.9 Å². The lowest BCUT2D eigenvalue weighted by Gasteiger charge is -2.24. The standard InChI is InChI=1S/C16H21N3OS2/c1-18-8-7-11-12(9-18)22-14-13(11)15(20)19(16(21)17-14)10-5-3-2-4-6-10/h10H,2-9H2,1H3,(H,17,21). The number of hydrogen-bond donors (Lipinski definition) is 1. The van der Waals surface area contributed by atoms with E-state index in [0.717, 1.165) is 42.6 Å². The monoisotopic (exact) mass is 335 g/mol. The van der Waals surface area contributed by atoms with Gasteiger partial charge in [0.25, 0.3) is 5.56 Å². The lowest BCUT2D eigenvalue weighted by Crippen LogP contribution is -2.29. The van der Waals surface area contributed by atoms with Crippen molar-refractivity contribution in [3.8, 4) is 0 Å². The van der Waals surface area contributed by atoms with Crippen molar-refractivity contribution in [3.05, 3.63) is 25.6 Å². The summed E-state index contributed by atoms with van der Waals surface area (Å²) in [5.41, 5.74) is 1.41. The van der Waals surface area contributed by atoms with Crippen LogP contribution in [0.3, 0.4) is 0 Å². The second-order valence-corrected chi connectivity index (χ2v) is 8.08. The molecule has 0 spiro atoms. The number of aromatic nitrogens is 2. The molecule has 1 aliphatic carbocycles. The molecule has 1 saturated carbocycles. The van der Waals surface area contributed by atoms with Crippen LogP contribution >= 0.6 is 23.6 Å². The van der Waals surface area contributed by atoms with Gasteiger partial charge in [-0.05, 0) is 44.1 Å². The Balaban J connectivity index is 1.92. The highest BCUT2D eigenvalue weighted by Gasteiger charge is 2.24. The molecule has 0 saturated heterocycles. The SMILES string of the molecule is CN1CCc2c(sc3[nH]c(=S)n(C4CCCCC4)c(=O)c23)C1. The molecule has 0 atom stereocenters. The third kappa shape index (κ3) is 2.28. The number of likely N-dealkylation sites (N-methyl/N-ethyl adjacent to an activating group) is 1. The molecule has 1 fully saturated rings. The van der Waals surface area contributed by atoms with Crippen molar-refractivity contribution < 1.29 is 0 Å². The molecule has 0 unspecified atom stereocenters. The van der Waals surface area contributed by atoms with Gasteiger partial charge in [0.1, 0.15) is 4.83 Å². The third-order valence-electron chi connectivity index (χ3n) is 5.06. The molecule has 2 aromatic rings. The number of rotatable bonds is 1. The van der Waals surface area contributed by atoms with Gasteiger partial charge in [-0.3, -0.25) is 9.36 Å². The molecule has 22 heavy (non-hydrogen) atoms. The lowest BCUT2D eigenvalue weighted by atomic mass is 9.95. The largest absolute Gasteiger partial charge is 0.323 e. The summed E-state index contributed by atoms with van der Waals surface area (Å²) in [5.74, 6) is 0. The summed E-state index contributed by atoms with van der Waals surface area (Å²) in [5, 5.41) is 0.910. The molecule has 0 radical (unpaired) electrons. The van der Waals surface area contributed by atoms with Crippen molar-refractivity contribution in [1.29, 1.82) is 0 Å². The van der Waals surface area contributed by atoms with Crippen molar-refractivity contribution in [1.82, 2.24) is 14.5 Å². The van der Waals surface area contributed by atoms with E-state index in [0.29, 0.717) is 4.77 Å². The Hall–Kier alpha value is -0.980. The molecule has 3 heterocycles. The summed E-state index contributed by atoms with van der Waals surface area (Å²) >= 11 is 7.23. The van der Waals surface area contributed by atoms with Crippen LogP contribution in [0.25, 0.3) is 10.2 Å². The first-order chi connectivity index (χ1) is 10.6. The highest BCUT2D eigenvalue weighted by atomic mass is 32.1. The zero-order valence-corrected chi connectivity index (χ0v) is 14.5. The smallest absolute Gasteiger partial charge is 0.263 e. The predicted molar refractivity (Wildman–Crippen MR) is 93.4 cm³/mol. The molecule has 4 nitrogen and oxygen atoms in total. The molecule has 4 rings (SSSR count). The zero-order valence-electron chi connectivity index (χ0n) is 12.9. The van der Waals surface area contributed by atoms with Crippen LogP contribution in [0.1, 0.15) is 48.6 Å². The van der Waals surface area contributed by atoms with Crippen LogP contribution in [0.4, 0.5) is 0 Å². The number of thiophene rings is 1. The van der Waals surface area contributed by atoms with Crippen molar-refractivity contribution in [2.75, 3.05) is 13.6 Å². The maximum Gasteiger partial charge on any atom is 0.263 e. The van der Waals surface area contributed by atoms with Crippen LogP contribution in [-0.2, 0) is 13.0 Å². The van der Waals surface area contributed by atoms with Crippen molar-refractivity contribution in [2.24, 2.45) is 0 Å². The number of aromatic amines is 1. The average molecular weight is 335 g/mol. The van der Waals surface area contributed by atoms with Gasteiger partial charge < -0.3 is 9.88 Å². The number of H-pyrrole nitrogens is 1. The second-order valence-electron chi connectivity index (χ2n) is 6.59.